The number of para-hydroxylation sites is 1. The summed E-state index contributed by atoms with van der Waals surface area (Å²) in [4.78, 5) is 15.2. The van der Waals surface area contributed by atoms with Gasteiger partial charge < -0.3 is 30.9 Å². The summed E-state index contributed by atoms with van der Waals surface area (Å²) in [5.74, 6) is -0.115. The highest BCUT2D eigenvalue weighted by atomic mass is 16.3. The van der Waals surface area contributed by atoms with E-state index in [4.69, 9.17) is 5.11 Å². The van der Waals surface area contributed by atoms with Crippen LogP contribution in [0.2, 0.25) is 0 Å². The third-order valence-electron chi connectivity index (χ3n) is 4.61. The first-order chi connectivity index (χ1) is 11.6. The molecule has 1 aliphatic rings. The fourth-order valence-electron chi connectivity index (χ4n) is 3.19. The molecule has 1 aliphatic heterocycles. The van der Waals surface area contributed by atoms with Gasteiger partial charge in [-0.1, -0.05) is 18.2 Å². The van der Waals surface area contributed by atoms with Gasteiger partial charge in [-0.15, -0.1) is 0 Å². The molecule has 0 unspecified atom stereocenters. The first-order valence-electron chi connectivity index (χ1n) is 8.15. The fraction of sp³-hybridized carbons (Fsp3) is 0.471. The predicted molar refractivity (Wildman–Crippen MR) is 89.4 cm³/mol. The Hall–Kier alpha value is -1.93. The van der Waals surface area contributed by atoms with Crippen LogP contribution in [-0.2, 0) is 11.2 Å². The Morgan fingerprint density at radius 2 is 1.92 bits per heavy atom. The van der Waals surface area contributed by atoms with Crippen LogP contribution in [0.1, 0.15) is 12.0 Å². The number of hydrogen-bond acceptors (Lipinski definition) is 5. The maximum absolute atomic E-state index is 12.0. The minimum absolute atomic E-state index is 0.115. The van der Waals surface area contributed by atoms with Gasteiger partial charge in [0.05, 0.1) is 30.9 Å². The van der Waals surface area contributed by atoms with Gasteiger partial charge in [0, 0.05) is 30.1 Å². The van der Waals surface area contributed by atoms with Gasteiger partial charge >= 0.3 is 0 Å². The van der Waals surface area contributed by atoms with E-state index in [0.29, 0.717) is 12.8 Å². The molecule has 2 heterocycles. The van der Waals surface area contributed by atoms with Crippen LogP contribution in [0, 0.1) is 0 Å². The zero-order chi connectivity index (χ0) is 17.1. The Morgan fingerprint density at radius 1 is 1.17 bits per heavy atom. The molecule has 0 spiro atoms. The molecule has 1 saturated heterocycles. The van der Waals surface area contributed by atoms with Crippen LogP contribution in [0.4, 0.5) is 0 Å². The van der Waals surface area contributed by atoms with Gasteiger partial charge in [0.15, 0.2) is 0 Å². The summed E-state index contributed by atoms with van der Waals surface area (Å²) in [6.07, 6.45) is 0.858. The van der Waals surface area contributed by atoms with E-state index in [-0.39, 0.29) is 19.1 Å². The quantitative estimate of drug-likeness (QED) is 0.417. The number of benzene rings is 1. The minimum Gasteiger partial charge on any atom is -0.395 e. The van der Waals surface area contributed by atoms with Gasteiger partial charge in [0.1, 0.15) is 0 Å². The molecule has 0 radical (unpaired) electrons. The molecule has 24 heavy (non-hydrogen) atoms. The number of aliphatic hydroxyl groups excluding tert-OH is 3. The molecular weight excluding hydrogens is 310 g/mol. The van der Waals surface area contributed by atoms with E-state index in [1.807, 2.05) is 30.5 Å². The van der Waals surface area contributed by atoms with Crippen LogP contribution >= 0.6 is 0 Å². The molecule has 1 aromatic carbocycles. The van der Waals surface area contributed by atoms with Crippen LogP contribution < -0.4 is 10.6 Å². The van der Waals surface area contributed by atoms with Crippen molar-refractivity contribution in [2.45, 2.75) is 37.1 Å². The lowest BCUT2D eigenvalue weighted by atomic mass is 10.1. The lowest BCUT2D eigenvalue weighted by molar-refractivity contribution is -0.121. The number of fused-ring (bicyclic) bond motifs is 1. The predicted octanol–water partition coefficient (Wildman–Crippen LogP) is -0.729. The molecule has 0 saturated carbocycles. The minimum atomic E-state index is -1.02. The number of hydrogen-bond donors (Lipinski definition) is 6. The highest BCUT2D eigenvalue weighted by Crippen LogP contribution is 2.19. The van der Waals surface area contributed by atoms with Gasteiger partial charge in [-0.05, 0) is 18.1 Å². The summed E-state index contributed by atoms with van der Waals surface area (Å²) in [6, 6.07) is 6.92. The van der Waals surface area contributed by atoms with E-state index in [2.05, 4.69) is 15.6 Å². The summed E-state index contributed by atoms with van der Waals surface area (Å²) in [7, 11) is 0. The van der Waals surface area contributed by atoms with Crippen LogP contribution in [0.5, 0.6) is 0 Å². The monoisotopic (exact) mass is 333 g/mol. The number of aromatic amines is 1. The lowest BCUT2D eigenvalue weighted by Gasteiger charge is -2.16. The molecule has 130 valence electrons. The third kappa shape index (κ3) is 3.44. The summed E-state index contributed by atoms with van der Waals surface area (Å²) in [6.45, 7) is -0.0509. The van der Waals surface area contributed by atoms with E-state index < -0.39 is 24.3 Å². The topological polar surface area (TPSA) is 118 Å². The number of carbonyl (C=O) groups is 1. The molecule has 7 heteroatoms. The van der Waals surface area contributed by atoms with Gasteiger partial charge in [-0.2, -0.15) is 0 Å². The molecule has 1 aromatic heterocycles. The van der Waals surface area contributed by atoms with E-state index >= 15 is 0 Å². The standard InChI is InChI=1S/C17H23N3O4/c21-9-14-17(24)16(23)13(20-14)8-19-15(22)6-5-10-7-18-12-4-2-1-3-11(10)12/h1-4,7,13-14,16-18,20-21,23-24H,5-6,8-9H2,(H,19,22)/t13-,14-,16-,17-/m1/s1. The Bertz CT molecular complexity index is 702. The van der Waals surface area contributed by atoms with E-state index in [1.165, 1.54) is 0 Å². The van der Waals surface area contributed by atoms with Crippen molar-refractivity contribution in [2.24, 2.45) is 0 Å². The van der Waals surface area contributed by atoms with Crippen molar-refractivity contribution in [2.75, 3.05) is 13.2 Å². The van der Waals surface area contributed by atoms with Crippen molar-refractivity contribution < 1.29 is 20.1 Å². The van der Waals surface area contributed by atoms with Crippen molar-refractivity contribution >= 4 is 16.8 Å². The molecule has 2 aromatic rings. The first-order valence-corrected chi connectivity index (χ1v) is 8.15. The van der Waals surface area contributed by atoms with E-state index in [1.54, 1.807) is 0 Å². The van der Waals surface area contributed by atoms with Crippen molar-refractivity contribution in [1.82, 2.24) is 15.6 Å². The molecule has 1 fully saturated rings. The molecule has 3 rings (SSSR count). The summed E-state index contributed by atoms with van der Waals surface area (Å²) < 4.78 is 0. The fourth-order valence-corrected chi connectivity index (χ4v) is 3.19. The van der Waals surface area contributed by atoms with Crippen molar-refractivity contribution in [3.05, 3.63) is 36.0 Å². The smallest absolute Gasteiger partial charge is 0.220 e. The average Bonchev–Trinajstić information content (AvgIpc) is 3.13. The highest BCUT2D eigenvalue weighted by Gasteiger charge is 2.40. The zero-order valence-corrected chi connectivity index (χ0v) is 13.3. The molecular formula is C17H23N3O4. The Morgan fingerprint density at radius 3 is 2.67 bits per heavy atom. The molecule has 6 N–H and O–H groups in total. The summed E-state index contributed by atoms with van der Waals surface area (Å²) in [5.41, 5.74) is 2.14. The first kappa shape index (κ1) is 16.9. The largest absolute Gasteiger partial charge is 0.395 e. The molecule has 7 nitrogen and oxygen atoms in total. The van der Waals surface area contributed by atoms with Crippen molar-refractivity contribution in [3.8, 4) is 0 Å². The van der Waals surface area contributed by atoms with Crippen molar-refractivity contribution in [1.29, 1.82) is 0 Å². The van der Waals surface area contributed by atoms with Gasteiger partial charge in [0.25, 0.3) is 0 Å². The van der Waals surface area contributed by atoms with Crippen molar-refractivity contribution in [3.63, 3.8) is 0 Å². The normalized spacial score (nSPS) is 26.8. The zero-order valence-electron chi connectivity index (χ0n) is 13.3. The number of nitrogens with one attached hydrogen (secondary N) is 3. The molecule has 0 bridgehead atoms. The SMILES string of the molecule is O=C(CCc1c[nH]c2ccccc12)NC[C@H]1N[C@H](CO)[C@@H](O)[C@@H]1O. The number of rotatable bonds is 6. The second-order valence-electron chi connectivity index (χ2n) is 6.21. The Labute approximate surface area is 139 Å². The van der Waals surface area contributed by atoms with Crippen LogP contribution in [-0.4, -0.2) is 63.7 Å². The van der Waals surface area contributed by atoms with Gasteiger partial charge in [-0.3, -0.25) is 4.79 Å². The molecule has 4 atom stereocenters. The Kier molecular flexibility index (Phi) is 5.15. The number of aromatic nitrogens is 1. The van der Waals surface area contributed by atoms with E-state index in [0.717, 1.165) is 16.5 Å². The number of aryl methyl sites for hydroxylation is 1. The molecule has 0 aliphatic carbocycles. The second-order valence-corrected chi connectivity index (χ2v) is 6.21. The number of aliphatic hydroxyl groups is 3. The van der Waals surface area contributed by atoms with Gasteiger partial charge in [-0.25, -0.2) is 0 Å². The number of carbonyl (C=O) groups excluding carboxylic acids is 1. The van der Waals surface area contributed by atoms with E-state index in [9.17, 15) is 15.0 Å². The average molecular weight is 333 g/mol. The highest BCUT2D eigenvalue weighted by molar-refractivity contribution is 5.84. The van der Waals surface area contributed by atoms with Crippen LogP contribution in [0.3, 0.4) is 0 Å². The van der Waals surface area contributed by atoms with Crippen LogP contribution in [0.15, 0.2) is 30.5 Å². The number of H-pyrrole nitrogens is 1. The molecule has 1 amide bonds. The second kappa shape index (κ2) is 7.31. The third-order valence-corrected chi connectivity index (χ3v) is 4.61. The summed E-state index contributed by atoms with van der Waals surface area (Å²) in [5, 5.41) is 35.5. The number of amides is 1. The summed E-state index contributed by atoms with van der Waals surface area (Å²) >= 11 is 0. The van der Waals surface area contributed by atoms with Gasteiger partial charge in [0.2, 0.25) is 5.91 Å². The Balaban J connectivity index is 1.48. The lowest BCUT2D eigenvalue weighted by Crippen LogP contribution is -2.44. The van der Waals surface area contributed by atoms with Crippen LogP contribution in [0.25, 0.3) is 10.9 Å². The maximum Gasteiger partial charge on any atom is 0.220 e. The maximum atomic E-state index is 12.0.